The van der Waals surface area contributed by atoms with Crippen molar-refractivity contribution in [3.05, 3.63) is 30.5 Å². The van der Waals surface area contributed by atoms with E-state index in [1.54, 1.807) is 0 Å². The molecule has 20 heavy (non-hydrogen) atoms. The first-order valence-corrected chi connectivity index (χ1v) is 7.56. The van der Waals surface area contributed by atoms with Crippen molar-refractivity contribution in [1.29, 1.82) is 0 Å². The van der Waals surface area contributed by atoms with Crippen LogP contribution in [-0.2, 0) is 0 Å². The van der Waals surface area contributed by atoms with Crippen molar-refractivity contribution in [2.45, 2.75) is 39.2 Å². The van der Waals surface area contributed by atoms with Gasteiger partial charge in [0.2, 0.25) is 0 Å². The van der Waals surface area contributed by atoms with Gasteiger partial charge in [-0.3, -0.25) is 4.98 Å². The van der Waals surface area contributed by atoms with E-state index in [2.05, 4.69) is 35.9 Å². The minimum atomic E-state index is 0.697. The summed E-state index contributed by atoms with van der Waals surface area (Å²) in [6.45, 7) is 5.67. The molecule has 0 amide bonds. The summed E-state index contributed by atoms with van der Waals surface area (Å²) in [7, 11) is 0. The van der Waals surface area contributed by atoms with Gasteiger partial charge in [0.1, 0.15) is 0 Å². The van der Waals surface area contributed by atoms with E-state index in [1.807, 2.05) is 18.3 Å². The molecule has 1 aliphatic rings. The molecule has 0 unspecified atom stereocenters. The average Bonchev–Trinajstić information content (AvgIpc) is 3.26. The lowest BCUT2D eigenvalue weighted by Gasteiger charge is -2.26. The van der Waals surface area contributed by atoms with Crippen molar-refractivity contribution in [3.63, 3.8) is 0 Å². The van der Waals surface area contributed by atoms with Gasteiger partial charge in [-0.15, -0.1) is 0 Å². The zero-order valence-corrected chi connectivity index (χ0v) is 12.3. The molecular weight excluding hydrogens is 246 g/mol. The Morgan fingerprint density at radius 3 is 2.80 bits per heavy atom. The Kier molecular flexibility index (Phi) is 3.51. The van der Waals surface area contributed by atoms with Crippen molar-refractivity contribution in [1.82, 2.24) is 4.98 Å². The Bertz CT molecular complexity index is 602. The summed E-state index contributed by atoms with van der Waals surface area (Å²) < 4.78 is 0. The summed E-state index contributed by atoms with van der Waals surface area (Å²) in [6, 6.07) is 8.88. The minimum absolute atomic E-state index is 0.697. The fourth-order valence-electron chi connectivity index (χ4n) is 2.69. The highest BCUT2D eigenvalue weighted by atomic mass is 15.2. The van der Waals surface area contributed by atoms with Crippen molar-refractivity contribution in [3.8, 4) is 0 Å². The fraction of sp³-hybridized carbons (Fsp3) is 0.471. The van der Waals surface area contributed by atoms with E-state index >= 15 is 0 Å². The summed E-state index contributed by atoms with van der Waals surface area (Å²) in [5.41, 5.74) is 9.19. The molecule has 2 aromatic rings. The normalized spacial score (nSPS) is 14.9. The molecule has 0 bridgehead atoms. The number of anilines is 2. The van der Waals surface area contributed by atoms with E-state index in [-0.39, 0.29) is 0 Å². The number of hydrogen-bond donors (Lipinski definition) is 1. The van der Waals surface area contributed by atoms with Crippen LogP contribution in [0.4, 0.5) is 11.4 Å². The molecule has 2 N–H and O–H groups in total. The number of aromatic nitrogens is 1. The second-order valence-corrected chi connectivity index (χ2v) is 6.18. The largest absolute Gasteiger partial charge is 0.398 e. The number of benzene rings is 1. The first-order valence-electron chi connectivity index (χ1n) is 7.56. The number of nitrogen functional groups attached to an aromatic ring is 1. The van der Waals surface area contributed by atoms with Gasteiger partial charge in [0.15, 0.2) is 0 Å². The van der Waals surface area contributed by atoms with Crippen LogP contribution in [-0.4, -0.2) is 17.6 Å². The summed E-state index contributed by atoms with van der Waals surface area (Å²) in [5.74, 6) is 0.726. The van der Waals surface area contributed by atoms with Gasteiger partial charge in [-0.25, -0.2) is 0 Å². The van der Waals surface area contributed by atoms with Crippen LogP contribution in [0.5, 0.6) is 0 Å². The SMILES string of the molecule is CC(C)CCN(c1ccc(N)c2cccnc12)C1CC1. The van der Waals surface area contributed by atoms with Crippen LogP contribution in [0, 0.1) is 5.92 Å². The zero-order chi connectivity index (χ0) is 14.1. The van der Waals surface area contributed by atoms with Crippen molar-refractivity contribution in [2.75, 3.05) is 17.2 Å². The van der Waals surface area contributed by atoms with E-state index in [0.29, 0.717) is 6.04 Å². The third kappa shape index (κ3) is 2.58. The smallest absolute Gasteiger partial charge is 0.0956 e. The molecule has 1 saturated carbocycles. The first kappa shape index (κ1) is 13.2. The number of fused-ring (bicyclic) bond motifs is 1. The molecule has 1 heterocycles. The topological polar surface area (TPSA) is 42.1 Å². The van der Waals surface area contributed by atoms with Gasteiger partial charge in [0.25, 0.3) is 0 Å². The summed E-state index contributed by atoms with van der Waals surface area (Å²) >= 11 is 0. The molecular formula is C17H23N3. The third-order valence-corrected chi connectivity index (χ3v) is 4.03. The predicted octanol–water partition coefficient (Wildman–Crippen LogP) is 3.83. The summed E-state index contributed by atoms with van der Waals surface area (Å²) in [6.07, 6.45) is 5.68. The highest BCUT2D eigenvalue weighted by Gasteiger charge is 2.30. The second kappa shape index (κ2) is 5.31. The Hall–Kier alpha value is -1.77. The Labute approximate surface area is 120 Å². The quantitative estimate of drug-likeness (QED) is 0.839. The van der Waals surface area contributed by atoms with Crippen LogP contribution in [0.1, 0.15) is 33.1 Å². The van der Waals surface area contributed by atoms with Crippen LogP contribution >= 0.6 is 0 Å². The maximum Gasteiger partial charge on any atom is 0.0956 e. The van der Waals surface area contributed by atoms with Gasteiger partial charge in [-0.2, -0.15) is 0 Å². The van der Waals surface area contributed by atoms with Gasteiger partial charge < -0.3 is 10.6 Å². The van der Waals surface area contributed by atoms with Crippen LogP contribution in [0.25, 0.3) is 10.9 Å². The zero-order valence-electron chi connectivity index (χ0n) is 12.3. The molecule has 3 nitrogen and oxygen atoms in total. The molecule has 0 aliphatic heterocycles. The Balaban J connectivity index is 2.00. The average molecular weight is 269 g/mol. The number of nitrogens with zero attached hydrogens (tertiary/aromatic N) is 2. The van der Waals surface area contributed by atoms with Gasteiger partial charge in [0, 0.05) is 29.9 Å². The fourth-order valence-corrected chi connectivity index (χ4v) is 2.69. The summed E-state index contributed by atoms with van der Waals surface area (Å²) in [4.78, 5) is 7.11. The molecule has 1 fully saturated rings. The molecule has 1 aromatic heterocycles. The highest BCUT2D eigenvalue weighted by Crippen LogP contribution is 2.36. The van der Waals surface area contributed by atoms with Gasteiger partial charge in [-0.1, -0.05) is 13.8 Å². The van der Waals surface area contributed by atoms with Crippen LogP contribution in [0.15, 0.2) is 30.5 Å². The van der Waals surface area contributed by atoms with Crippen molar-refractivity contribution >= 4 is 22.3 Å². The van der Waals surface area contributed by atoms with Crippen molar-refractivity contribution in [2.24, 2.45) is 5.92 Å². The molecule has 3 rings (SSSR count). The predicted molar refractivity (Wildman–Crippen MR) is 86.0 cm³/mol. The van der Waals surface area contributed by atoms with E-state index in [4.69, 9.17) is 5.73 Å². The Morgan fingerprint density at radius 1 is 1.30 bits per heavy atom. The second-order valence-electron chi connectivity index (χ2n) is 6.18. The summed E-state index contributed by atoms with van der Waals surface area (Å²) in [5, 5.41) is 1.07. The van der Waals surface area contributed by atoms with Gasteiger partial charge in [0.05, 0.1) is 11.2 Å². The monoisotopic (exact) mass is 269 g/mol. The van der Waals surface area contributed by atoms with Gasteiger partial charge >= 0.3 is 0 Å². The number of rotatable bonds is 5. The molecule has 1 aromatic carbocycles. The highest BCUT2D eigenvalue weighted by molar-refractivity contribution is 5.98. The van der Waals surface area contributed by atoms with Crippen LogP contribution < -0.4 is 10.6 Å². The van der Waals surface area contributed by atoms with E-state index in [1.165, 1.54) is 24.9 Å². The molecule has 0 spiro atoms. The minimum Gasteiger partial charge on any atom is -0.398 e. The van der Waals surface area contributed by atoms with E-state index in [9.17, 15) is 0 Å². The number of nitrogens with two attached hydrogens (primary N) is 1. The molecule has 3 heteroatoms. The molecule has 1 aliphatic carbocycles. The lowest BCUT2D eigenvalue weighted by atomic mass is 10.1. The molecule has 0 saturated heterocycles. The lowest BCUT2D eigenvalue weighted by molar-refractivity contribution is 0.571. The van der Waals surface area contributed by atoms with E-state index < -0.39 is 0 Å². The maximum absolute atomic E-state index is 6.08. The first-order chi connectivity index (χ1) is 9.66. The molecule has 0 atom stereocenters. The number of hydrogen-bond acceptors (Lipinski definition) is 3. The van der Waals surface area contributed by atoms with Gasteiger partial charge in [-0.05, 0) is 49.4 Å². The van der Waals surface area contributed by atoms with Crippen LogP contribution in [0.2, 0.25) is 0 Å². The molecule has 0 radical (unpaired) electrons. The van der Waals surface area contributed by atoms with E-state index in [0.717, 1.165) is 29.1 Å². The standard InChI is InChI=1S/C17H23N3/c1-12(2)9-11-20(13-5-6-13)16-8-7-15(18)14-4-3-10-19-17(14)16/h3-4,7-8,10,12-13H,5-6,9,11,18H2,1-2H3. The maximum atomic E-state index is 6.08. The molecule has 106 valence electrons. The van der Waals surface area contributed by atoms with Crippen LogP contribution in [0.3, 0.4) is 0 Å². The Morgan fingerprint density at radius 2 is 2.10 bits per heavy atom. The number of pyridine rings is 1. The lowest BCUT2D eigenvalue weighted by Crippen LogP contribution is -2.28. The third-order valence-electron chi connectivity index (χ3n) is 4.03. The van der Waals surface area contributed by atoms with Crippen molar-refractivity contribution < 1.29 is 0 Å².